The van der Waals surface area contributed by atoms with Crippen LogP contribution >= 0.6 is 0 Å². The third kappa shape index (κ3) is 3.25. The van der Waals surface area contributed by atoms with Crippen LogP contribution in [0.3, 0.4) is 0 Å². The summed E-state index contributed by atoms with van der Waals surface area (Å²) in [4.78, 5) is 11.3. The van der Waals surface area contributed by atoms with Gasteiger partial charge in [-0.1, -0.05) is 0 Å². The quantitative estimate of drug-likeness (QED) is 0.434. The molecule has 82 valence electrons. The number of aliphatic hydroxyl groups excluding tert-OH is 1. The van der Waals surface area contributed by atoms with Gasteiger partial charge in [-0.3, -0.25) is 4.79 Å². The first-order chi connectivity index (χ1) is 7.15. The molecule has 0 heterocycles. The van der Waals surface area contributed by atoms with Gasteiger partial charge in [0.05, 0.1) is 12.2 Å². The molecule has 4 heteroatoms. The van der Waals surface area contributed by atoms with Gasteiger partial charge in [0.25, 0.3) is 0 Å². The van der Waals surface area contributed by atoms with Gasteiger partial charge < -0.3 is 15.6 Å². The number of carbonyl (C=O) groups excluding carboxylic acids is 1. The Balaban J connectivity index is 2.81. The van der Waals surface area contributed by atoms with Crippen LogP contribution in [-0.4, -0.2) is 24.1 Å². The zero-order chi connectivity index (χ0) is 11.3. The molecule has 1 aromatic carbocycles. The maximum absolute atomic E-state index is 11.3. The summed E-state index contributed by atoms with van der Waals surface area (Å²) >= 11 is 0. The fourth-order valence-corrected chi connectivity index (χ4v) is 1.20. The lowest BCUT2D eigenvalue weighted by atomic mass is 10.1. The van der Waals surface area contributed by atoms with Crippen molar-refractivity contribution in [2.24, 2.45) is 0 Å². The number of benzene rings is 1. The fourth-order valence-electron chi connectivity index (χ4n) is 1.20. The third-order valence-electron chi connectivity index (χ3n) is 1.94. The Labute approximate surface area is 88.7 Å². The first-order valence-corrected chi connectivity index (χ1v) is 4.79. The second-order valence-corrected chi connectivity index (χ2v) is 3.24. The van der Waals surface area contributed by atoms with Crippen molar-refractivity contribution in [3.63, 3.8) is 0 Å². The molecule has 3 N–H and O–H groups in total. The average Bonchev–Trinajstić information content (AvgIpc) is 2.20. The molecule has 0 atom stereocenters. The molecule has 15 heavy (non-hydrogen) atoms. The number of anilines is 1. The lowest BCUT2D eigenvalue weighted by molar-refractivity contribution is 0.101. The van der Waals surface area contributed by atoms with Gasteiger partial charge in [-0.25, -0.2) is 0 Å². The summed E-state index contributed by atoms with van der Waals surface area (Å²) in [6, 6.07) is 4.95. The average molecular weight is 209 g/mol. The van der Waals surface area contributed by atoms with Crippen LogP contribution in [0.15, 0.2) is 18.2 Å². The highest BCUT2D eigenvalue weighted by Crippen LogP contribution is 2.21. The molecule has 0 unspecified atom stereocenters. The molecule has 0 spiro atoms. The molecule has 0 fully saturated rings. The number of carbonyl (C=O) groups is 1. The van der Waals surface area contributed by atoms with E-state index in [2.05, 4.69) is 0 Å². The number of rotatable bonds is 5. The van der Waals surface area contributed by atoms with Crippen LogP contribution in [0.1, 0.15) is 23.7 Å². The number of hydrogen-bond donors (Lipinski definition) is 2. The lowest BCUT2D eigenvalue weighted by Crippen LogP contribution is -2.05. The predicted octanol–water partition coefficient (Wildman–Crippen LogP) is 1.23. The Bertz CT molecular complexity index is 350. The van der Waals surface area contributed by atoms with E-state index in [1.165, 1.54) is 6.92 Å². The summed E-state index contributed by atoms with van der Waals surface area (Å²) in [5.74, 6) is 0.437. The summed E-state index contributed by atoms with van der Waals surface area (Å²) < 4.78 is 5.36. The second kappa shape index (κ2) is 5.36. The van der Waals surface area contributed by atoms with E-state index in [1.807, 2.05) is 0 Å². The van der Waals surface area contributed by atoms with Gasteiger partial charge in [-0.15, -0.1) is 0 Å². The molecular formula is C11H15NO3. The van der Waals surface area contributed by atoms with Crippen molar-refractivity contribution in [2.45, 2.75) is 13.3 Å². The van der Waals surface area contributed by atoms with Crippen molar-refractivity contribution in [3.8, 4) is 5.75 Å². The normalized spacial score (nSPS) is 10.0. The topological polar surface area (TPSA) is 72.6 Å². The van der Waals surface area contributed by atoms with Crippen molar-refractivity contribution in [1.29, 1.82) is 0 Å². The van der Waals surface area contributed by atoms with Crippen molar-refractivity contribution in [2.75, 3.05) is 18.9 Å². The van der Waals surface area contributed by atoms with E-state index in [-0.39, 0.29) is 12.4 Å². The molecule has 0 aromatic heterocycles. The second-order valence-electron chi connectivity index (χ2n) is 3.24. The first-order valence-electron chi connectivity index (χ1n) is 4.79. The Morgan fingerprint density at radius 2 is 2.27 bits per heavy atom. The maximum atomic E-state index is 11.3. The van der Waals surface area contributed by atoms with Crippen LogP contribution in [0.5, 0.6) is 5.75 Å². The van der Waals surface area contributed by atoms with Gasteiger partial charge in [0, 0.05) is 18.7 Å². The van der Waals surface area contributed by atoms with Crippen LogP contribution in [0.4, 0.5) is 5.69 Å². The van der Waals surface area contributed by atoms with E-state index in [0.717, 1.165) is 0 Å². The molecule has 0 saturated carbocycles. The minimum Gasteiger partial charge on any atom is -0.493 e. The van der Waals surface area contributed by atoms with Gasteiger partial charge >= 0.3 is 0 Å². The van der Waals surface area contributed by atoms with Crippen LogP contribution in [0, 0.1) is 0 Å². The van der Waals surface area contributed by atoms with E-state index in [1.54, 1.807) is 18.2 Å². The minimum atomic E-state index is -0.0821. The Morgan fingerprint density at radius 3 is 2.87 bits per heavy atom. The van der Waals surface area contributed by atoms with Crippen molar-refractivity contribution in [3.05, 3.63) is 23.8 Å². The van der Waals surface area contributed by atoms with Gasteiger partial charge in [0.2, 0.25) is 0 Å². The van der Waals surface area contributed by atoms with Crippen LogP contribution in [-0.2, 0) is 0 Å². The third-order valence-corrected chi connectivity index (χ3v) is 1.94. The number of ether oxygens (including phenoxy) is 1. The monoisotopic (exact) mass is 209 g/mol. The van der Waals surface area contributed by atoms with E-state index < -0.39 is 0 Å². The maximum Gasteiger partial charge on any atom is 0.163 e. The van der Waals surface area contributed by atoms with Gasteiger partial charge in [-0.05, 0) is 25.1 Å². The molecule has 0 bridgehead atoms. The van der Waals surface area contributed by atoms with Crippen molar-refractivity contribution in [1.82, 2.24) is 0 Å². The number of nitrogens with two attached hydrogens (primary N) is 1. The predicted molar refractivity (Wildman–Crippen MR) is 58.1 cm³/mol. The van der Waals surface area contributed by atoms with Crippen LogP contribution in [0.25, 0.3) is 0 Å². The summed E-state index contributed by atoms with van der Waals surface area (Å²) in [7, 11) is 0. The van der Waals surface area contributed by atoms with Crippen molar-refractivity contribution >= 4 is 11.5 Å². The molecule has 0 saturated heterocycles. The number of Topliss-reactive ketones (excluding diaryl/α,β-unsaturated/α-hetero) is 1. The number of ketones is 1. The largest absolute Gasteiger partial charge is 0.493 e. The fraction of sp³-hybridized carbons (Fsp3) is 0.364. The molecular weight excluding hydrogens is 194 g/mol. The Kier molecular flexibility index (Phi) is 4.12. The molecule has 0 radical (unpaired) electrons. The van der Waals surface area contributed by atoms with Crippen molar-refractivity contribution < 1.29 is 14.6 Å². The summed E-state index contributed by atoms with van der Waals surface area (Å²) in [6.07, 6.45) is 0.543. The summed E-state index contributed by atoms with van der Waals surface area (Å²) in [5.41, 5.74) is 6.59. The zero-order valence-corrected chi connectivity index (χ0v) is 8.69. The zero-order valence-electron chi connectivity index (χ0n) is 8.69. The number of hydrogen-bond acceptors (Lipinski definition) is 4. The SMILES string of the molecule is CC(=O)c1cc(N)ccc1OCCCO. The standard InChI is InChI=1S/C11H15NO3/c1-8(14)10-7-9(12)3-4-11(10)15-6-2-5-13/h3-4,7,13H,2,5-6,12H2,1H3. The van der Waals surface area contributed by atoms with E-state index >= 15 is 0 Å². The molecule has 4 nitrogen and oxygen atoms in total. The minimum absolute atomic E-state index is 0.0738. The molecule has 1 rings (SSSR count). The van der Waals surface area contributed by atoms with E-state index in [0.29, 0.717) is 30.0 Å². The van der Waals surface area contributed by atoms with E-state index in [4.69, 9.17) is 15.6 Å². The van der Waals surface area contributed by atoms with Crippen LogP contribution < -0.4 is 10.5 Å². The summed E-state index contributed by atoms with van der Waals surface area (Å²) in [5, 5.41) is 8.60. The summed E-state index contributed by atoms with van der Waals surface area (Å²) in [6.45, 7) is 1.93. The number of aliphatic hydroxyl groups is 1. The smallest absolute Gasteiger partial charge is 0.163 e. The highest BCUT2D eigenvalue weighted by atomic mass is 16.5. The molecule has 1 aromatic rings. The number of nitrogen functional groups attached to an aromatic ring is 1. The highest BCUT2D eigenvalue weighted by Gasteiger charge is 2.08. The van der Waals surface area contributed by atoms with Gasteiger partial charge in [-0.2, -0.15) is 0 Å². The molecule has 0 amide bonds. The van der Waals surface area contributed by atoms with Gasteiger partial charge in [0.1, 0.15) is 5.75 Å². The lowest BCUT2D eigenvalue weighted by Gasteiger charge is -2.09. The highest BCUT2D eigenvalue weighted by molar-refractivity contribution is 5.97. The van der Waals surface area contributed by atoms with E-state index in [9.17, 15) is 4.79 Å². The van der Waals surface area contributed by atoms with Crippen LogP contribution in [0.2, 0.25) is 0 Å². The first kappa shape index (κ1) is 11.5. The Hall–Kier alpha value is -1.55. The Morgan fingerprint density at radius 1 is 1.53 bits per heavy atom. The molecule has 0 aliphatic rings. The molecule has 0 aliphatic carbocycles. The van der Waals surface area contributed by atoms with Gasteiger partial charge in [0.15, 0.2) is 5.78 Å². The molecule has 0 aliphatic heterocycles.